The number of aliphatic hydroxyl groups excluding tert-OH is 1. The standard InChI is InChI=1S/C26H30N2O6/c1-15(2)11-22(24(30)28-13-16(29)12-23(28)25(31)32)27-26(33)34-14-21-19-9-5-3-7-17(19)18-8-4-6-10-20(18)21/h3-10,15-16,21-23,29H,11-14H2,1-2H3,(H,27,33)(H,31,32)/t16-,22?,23-/m0/s1. The quantitative estimate of drug-likeness (QED) is 0.578. The molecule has 1 aliphatic heterocycles. The van der Waals surface area contributed by atoms with E-state index in [-0.39, 0.29) is 31.4 Å². The number of aliphatic hydroxyl groups is 1. The van der Waals surface area contributed by atoms with Gasteiger partial charge in [-0.25, -0.2) is 9.59 Å². The third-order valence-corrected chi connectivity index (χ3v) is 6.49. The van der Waals surface area contributed by atoms with Crippen LogP contribution < -0.4 is 5.32 Å². The number of carbonyl (C=O) groups excluding carboxylic acids is 2. The molecule has 0 saturated carbocycles. The predicted molar refractivity (Wildman–Crippen MR) is 125 cm³/mol. The Morgan fingerprint density at radius 1 is 1.06 bits per heavy atom. The van der Waals surface area contributed by atoms with E-state index in [1.807, 2.05) is 50.2 Å². The number of nitrogens with one attached hydrogen (secondary N) is 1. The Morgan fingerprint density at radius 2 is 1.65 bits per heavy atom. The second-order valence-electron chi connectivity index (χ2n) is 9.39. The highest BCUT2D eigenvalue weighted by molar-refractivity contribution is 5.90. The average molecular weight is 467 g/mol. The lowest BCUT2D eigenvalue weighted by molar-refractivity contribution is -0.149. The van der Waals surface area contributed by atoms with Crippen LogP contribution in [0.3, 0.4) is 0 Å². The van der Waals surface area contributed by atoms with Gasteiger partial charge in [0.1, 0.15) is 18.7 Å². The highest BCUT2D eigenvalue weighted by atomic mass is 16.5. The molecular weight excluding hydrogens is 436 g/mol. The van der Waals surface area contributed by atoms with Crippen molar-refractivity contribution in [1.29, 1.82) is 0 Å². The minimum Gasteiger partial charge on any atom is -0.480 e. The lowest BCUT2D eigenvalue weighted by atomic mass is 9.98. The van der Waals surface area contributed by atoms with E-state index in [2.05, 4.69) is 17.4 Å². The summed E-state index contributed by atoms with van der Waals surface area (Å²) in [4.78, 5) is 38.6. The molecule has 2 amide bonds. The van der Waals surface area contributed by atoms with Crippen LogP contribution in [-0.4, -0.2) is 64.4 Å². The number of amides is 2. The number of alkyl carbamates (subject to hydrolysis) is 1. The number of ether oxygens (including phenoxy) is 1. The molecule has 2 aliphatic rings. The van der Waals surface area contributed by atoms with Crippen LogP contribution >= 0.6 is 0 Å². The van der Waals surface area contributed by atoms with Gasteiger partial charge in [-0.3, -0.25) is 4.79 Å². The van der Waals surface area contributed by atoms with Gasteiger partial charge in [-0.2, -0.15) is 0 Å². The van der Waals surface area contributed by atoms with E-state index in [0.717, 1.165) is 27.2 Å². The number of carboxylic acid groups (broad SMARTS) is 1. The molecule has 8 heteroatoms. The summed E-state index contributed by atoms with van der Waals surface area (Å²) >= 11 is 0. The maximum Gasteiger partial charge on any atom is 0.407 e. The van der Waals surface area contributed by atoms with Crippen molar-refractivity contribution in [2.75, 3.05) is 13.2 Å². The Morgan fingerprint density at radius 3 is 2.21 bits per heavy atom. The molecule has 1 unspecified atom stereocenters. The molecule has 2 aromatic carbocycles. The Labute approximate surface area is 198 Å². The first-order chi connectivity index (χ1) is 16.3. The second kappa shape index (κ2) is 9.85. The maximum atomic E-state index is 13.1. The van der Waals surface area contributed by atoms with Crippen LogP contribution in [0, 0.1) is 5.92 Å². The third-order valence-electron chi connectivity index (χ3n) is 6.49. The minimum absolute atomic E-state index is 0.0274. The van der Waals surface area contributed by atoms with Gasteiger partial charge in [0, 0.05) is 18.9 Å². The molecule has 3 N–H and O–H groups in total. The van der Waals surface area contributed by atoms with Gasteiger partial charge in [0.25, 0.3) is 0 Å². The van der Waals surface area contributed by atoms with Crippen LogP contribution in [-0.2, 0) is 14.3 Å². The van der Waals surface area contributed by atoms with Crippen molar-refractivity contribution in [2.24, 2.45) is 5.92 Å². The molecule has 0 spiro atoms. The van der Waals surface area contributed by atoms with Gasteiger partial charge in [-0.1, -0.05) is 62.4 Å². The number of nitrogens with zero attached hydrogens (tertiary/aromatic N) is 1. The van der Waals surface area contributed by atoms with Crippen molar-refractivity contribution in [2.45, 2.75) is 50.8 Å². The van der Waals surface area contributed by atoms with E-state index < -0.39 is 36.2 Å². The van der Waals surface area contributed by atoms with Gasteiger partial charge in [-0.15, -0.1) is 0 Å². The topological polar surface area (TPSA) is 116 Å². The average Bonchev–Trinajstić information content (AvgIpc) is 3.35. The molecule has 0 aromatic heterocycles. The van der Waals surface area contributed by atoms with Crippen molar-refractivity contribution in [3.63, 3.8) is 0 Å². The molecular formula is C26H30N2O6. The fourth-order valence-electron chi connectivity index (χ4n) is 4.97. The molecule has 34 heavy (non-hydrogen) atoms. The molecule has 180 valence electrons. The molecule has 1 heterocycles. The first kappa shape index (κ1) is 23.8. The zero-order valence-corrected chi connectivity index (χ0v) is 19.3. The fraction of sp³-hybridized carbons (Fsp3) is 0.423. The Hall–Kier alpha value is -3.39. The van der Waals surface area contributed by atoms with Gasteiger partial charge in [0.15, 0.2) is 0 Å². The molecule has 0 radical (unpaired) electrons. The number of aliphatic carboxylic acids is 1. The van der Waals surface area contributed by atoms with E-state index in [0.29, 0.717) is 6.42 Å². The number of fused-ring (bicyclic) bond motifs is 3. The summed E-state index contributed by atoms with van der Waals surface area (Å²) in [5.41, 5.74) is 4.41. The number of hydrogen-bond donors (Lipinski definition) is 3. The van der Waals surface area contributed by atoms with Gasteiger partial charge in [0.05, 0.1) is 6.10 Å². The lowest BCUT2D eigenvalue weighted by Crippen LogP contribution is -2.52. The molecule has 1 aliphatic carbocycles. The number of hydrogen-bond acceptors (Lipinski definition) is 5. The van der Waals surface area contributed by atoms with E-state index in [1.54, 1.807) is 0 Å². The summed E-state index contributed by atoms with van der Waals surface area (Å²) in [5.74, 6) is -1.73. The normalized spacial score (nSPS) is 20.1. The van der Waals surface area contributed by atoms with Gasteiger partial charge >= 0.3 is 12.1 Å². The number of carboxylic acids is 1. The zero-order chi connectivity index (χ0) is 24.4. The highest BCUT2D eigenvalue weighted by Gasteiger charge is 2.41. The molecule has 0 bridgehead atoms. The van der Waals surface area contributed by atoms with Crippen LogP contribution in [0.15, 0.2) is 48.5 Å². The van der Waals surface area contributed by atoms with Crippen LogP contribution in [0.4, 0.5) is 4.79 Å². The van der Waals surface area contributed by atoms with Crippen LogP contribution in [0.1, 0.15) is 43.7 Å². The third kappa shape index (κ3) is 4.77. The molecule has 4 rings (SSSR count). The molecule has 3 atom stereocenters. The molecule has 1 fully saturated rings. The van der Waals surface area contributed by atoms with E-state index in [1.165, 1.54) is 0 Å². The lowest BCUT2D eigenvalue weighted by Gasteiger charge is -2.28. The number of rotatable bonds is 7. The Balaban J connectivity index is 1.45. The molecule has 2 aromatic rings. The summed E-state index contributed by atoms with van der Waals surface area (Å²) in [6, 6.07) is 14.0. The smallest absolute Gasteiger partial charge is 0.407 e. The number of carbonyl (C=O) groups is 3. The SMILES string of the molecule is CC(C)CC(NC(=O)OCC1c2ccccc2-c2ccccc21)C(=O)N1C[C@@H](O)C[C@H]1C(=O)O. The predicted octanol–water partition coefficient (Wildman–Crippen LogP) is 2.99. The maximum absolute atomic E-state index is 13.1. The summed E-state index contributed by atoms with van der Waals surface area (Å²) in [6.07, 6.45) is -1.34. The molecule has 8 nitrogen and oxygen atoms in total. The van der Waals surface area contributed by atoms with Gasteiger partial charge in [-0.05, 0) is 34.6 Å². The first-order valence-corrected chi connectivity index (χ1v) is 11.6. The van der Waals surface area contributed by atoms with Crippen molar-refractivity contribution in [3.8, 4) is 11.1 Å². The van der Waals surface area contributed by atoms with Gasteiger partial charge < -0.3 is 25.2 Å². The Kier molecular flexibility index (Phi) is 6.88. The summed E-state index contributed by atoms with van der Waals surface area (Å²) in [6.45, 7) is 3.86. The van der Waals surface area contributed by atoms with Crippen molar-refractivity contribution in [3.05, 3.63) is 59.7 Å². The van der Waals surface area contributed by atoms with E-state index in [9.17, 15) is 24.6 Å². The number of benzene rings is 2. The highest BCUT2D eigenvalue weighted by Crippen LogP contribution is 2.44. The Bertz CT molecular complexity index is 1040. The van der Waals surface area contributed by atoms with Crippen LogP contribution in [0.2, 0.25) is 0 Å². The first-order valence-electron chi connectivity index (χ1n) is 11.6. The number of β-amino-alcohol motifs (C(OH)–C–C–N with tert-alkyl or cyclic N) is 1. The minimum atomic E-state index is -1.17. The summed E-state index contributed by atoms with van der Waals surface area (Å²) < 4.78 is 5.57. The van der Waals surface area contributed by atoms with Crippen molar-refractivity contribution >= 4 is 18.0 Å². The van der Waals surface area contributed by atoms with E-state index in [4.69, 9.17) is 4.74 Å². The van der Waals surface area contributed by atoms with Crippen LogP contribution in [0.5, 0.6) is 0 Å². The summed E-state index contributed by atoms with van der Waals surface area (Å²) in [5, 5.41) is 22.0. The monoisotopic (exact) mass is 466 g/mol. The van der Waals surface area contributed by atoms with Crippen LogP contribution in [0.25, 0.3) is 11.1 Å². The number of likely N-dealkylation sites (tertiary alicyclic amines) is 1. The second-order valence-corrected chi connectivity index (χ2v) is 9.39. The molecule has 1 saturated heterocycles. The fourth-order valence-corrected chi connectivity index (χ4v) is 4.97. The summed E-state index contributed by atoms with van der Waals surface area (Å²) in [7, 11) is 0. The van der Waals surface area contributed by atoms with Crippen molar-refractivity contribution < 1.29 is 29.3 Å². The zero-order valence-electron chi connectivity index (χ0n) is 19.3. The van der Waals surface area contributed by atoms with Crippen molar-refractivity contribution in [1.82, 2.24) is 10.2 Å². The largest absolute Gasteiger partial charge is 0.480 e. The van der Waals surface area contributed by atoms with E-state index >= 15 is 0 Å². The van der Waals surface area contributed by atoms with Gasteiger partial charge in [0.2, 0.25) is 5.91 Å².